The summed E-state index contributed by atoms with van der Waals surface area (Å²) in [5.74, 6) is 0. The number of hydrogen-bond acceptors (Lipinski definition) is 1. The van der Waals surface area contributed by atoms with E-state index < -0.39 is 0 Å². The van der Waals surface area contributed by atoms with E-state index >= 15 is 0 Å². The third kappa shape index (κ3) is 3.37. The van der Waals surface area contributed by atoms with Crippen LogP contribution in [-0.4, -0.2) is 6.67 Å². The summed E-state index contributed by atoms with van der Waals surface area (Å²) in [7, 11) is 0. The molecule has 0 amide bonds. The number of rotatable bonds is 3. The third-order valence-corrected chi connectivity index (χ3v) is 2.65. The molecule has 0 bridgehead atoms. The van der Waals surface area contributed by atoms with Gasteiger partial charge in [-0.1, -0.05) is 31.9 Å². The molecule has 13 heavy (non-hydrogen) atoms. The van der Waals surface area contributed by atoms with Crippen molar-refractivity contribution in [1.29, 1.82) is 0 Å². The second-order valence-electron chi connectivity index (χ2n) is 2.79. The zero-order valence-corrected chi connectivity index (χ0v) is 10.1. The van der Waals surface area contributed by atoms with E-state index in [1.165, 1.54) is 0 Å². The zero-order chi connectivity index (χ0) is 9.84. The summed E-state index contributed by atoms with van der Waals surface area (Å²) < 4.78 is 13.9. The first-order chi connectivity index (χ1) is 6.13. The van der Waals surface area contributed by atoms with E-state index in [2.05, 4.69) is 31.9 Å². The lowest BCUT2D eigenvalue weighted by Gasteiger charge is -2.10. The van der Waals surface area contributed by atoms with E-state index in [4.69, 9.17) is 5.73 Å². The topological polar surface area (TPSA) is 26.0 Å². The van der Waals surface area contributed by atoms with E-state index in [-0.39, 0.29) is 12.7 Å². The van der Waals surface area contributed by atoms with Crippen LogP contribution in [0.15, 0.2) is 27.1 Å². The highest BCUT2D eigenvalue weighted by Crippen LogP contribution is 2.24. The van der Waals surface area contributed by atoms with Crippen LogP contribution in [0.5, 0.6) is 0 Å². The van der Waals surface area contributed by atoms with Crippen molar-refractivity contribution in [2.45, 2.75) is 12.5 Å². The Morgan fingerprint density at radius 2 is 1.77 bits per heavy atom. The van der Waals surface area contributed by atoms with Crippen LogP contribution in [0, 0.1) is 0 Å². The molecule has 1 aromatic rings. The largest absolute Gasteiger partial charge is 0.324 e. The van der Waals surface area contributed by atoms with Crippen molar-refractivity contribution in [2.75, 3.05) is 6.67 Å². The maximum absolute atomic E-state index is 12.0. The number of nitrogens with two attached hydrogens (primary N) is 1. The average molecular weight is 311 g/mol. The molecule has 1 rings (SSSR count). The normalized spacial score (nSPS) is 12.9. The monoisotopic (exact) mass is 309 g/mol. The van der Waals surface area contributed by atoms with Gasteiger partial charge in [0, 0.05) is 15.0 Å². The molecule has 0 radical (unpaired) electrons. The van der Waals surface area contributed by atoms with Gasteiger partial charge in [0.05, 0.1) is 6.67 Å². The summed E-state index contributed by atoms with van der Waals surface area (Å²) in [5, 5.41) is 0. The van der Waals surface area contributed by atoms with Crippen molar-refractivity contribution in [3.05, 3.63) is 32.7 Å². The minimum Gasteiger partial charge on any atom is -0.324 e. The maximum Gasteiger partial charge on any atom is 0.0912 e. The molecule has 0 saturated heterocycles. The van der Waals surface area contributed by atoms with E-state index in [0.29, 0.717) is 6.42 Å². The predicted molar refractivity (Wildman–Crippen MR) is 59.4 cm³/mol. The number of hydrogen-bond donors (Lipinski definition) is 1. The maximum atomic E-state index is 12.0. The Morgan fingerprint density at radius 1 is 1.23 bits per heavy atom. The van der Waals surface area contributed by atoms with Crippen molar-refractivity contribution in [3.8, 4) is 0 Å². The van der Waals surface area contributed by atoms with Crippen LogP contribution in [-0.2, 0) is 0 Å². The quantitative estimate of drug-likeness (QED) is 0.907. The molecule has 0 fully saturated rings. The first-order valence-corrected chi connectivity index (χ1v) is 5.49. The van der Waals surface area contributed by atoms with E-state index in [0.717, 1.165) is 14.5 Å². The number of halogens is 3. The summed E-state index contributed by atoms with van der Waals surface area (Å²) in [6.07, 6.45) is 0.364. The van der Waals surface area contributed by atoms with Crippen LogP contribution in [0.1, 0.15) is 18.0 Å². The van der Waals surface area contributed by atoms with Gasteiger partial charge >= 0.3 is 0 Å². The minimum absolute atomic E-state index is 0.223. The molecular weight excluding hydrogens is 301 g/mol. The highest BCUT2D eigenvalue weighted by molar-refractivity contribution is 9.11. The number of alkyl halides is 1. The number of benzene rings is 1. The van der Waals surface area contributed by atoms with Gasteiger partial charge in [0.25, 0.3) is 0 Å². The van der Waals surface area contributed by atoms with Crippen LogP contribution in [0.3, 0.4) is 0 Å². The summed E-state index contributed by atoms with van der Waals surface area (Å²) in [5.41, 5.74) is 6.71. The molecule has 0 unspecified atom stereocenters. The van der Waals surface area contributed by atoms with Gasteiger partial charge in [-0.15, -0.1) is 0 Å². The zero-order valence-electron chi connectivity index (χ0n) is 6.93. The van der Waals surface area contributed by atoms with Crippen LogP contribution in [0.4, 0.5) is 4.39 Å². The van der Waals surface area contributed by atoms with Crippen molar-refractivity contribution in [3.63, 3.8) is 0 Å². The van der Waals surface area contributed by atoms with Crippen LogP contribution < -0.4 is 5.73 Å². The lowest BCUT2D eigenvalue weighted by molar-refractivity contribution is 0.442. The molecule has 0 aliphatic rings. The molecule has 2 N–H and O–H groups in total. The molecule has 0 saturated carbocycles. The molecule has 0 aliphatic carbocycles. The molecule has 0 aliphatic heterocycles. The van der Waals surface area contributed by atoms with Crippen molar-refractivity contribution >= 4 is 31.9 Å². The molecule has 0 heterocycles. The summed E-state index contributed by atoms with van der Waals surface area (Å²) in [6, 6.07) is 5.51. The lowest BCUT2D eigenvalue weighted by atomic mass is 10.1. The van der Waals surface area contributed by atoms with Gasteiger partial charge in [0.2, 0.25) is 0 Å². The highest BCUT2D eigenvalue weighted by atomic mass is 79.9. The second-order valence-corrected chi connectivity index (χ2v) is 4.62. The fourth-order valence-corrected chi connectivity index (χ4v) is 2.40. The standard InChI is InChI=1S/C9H10Br2FN/c10-7-3-6(4-8(11)5-7)9(13)1-2-12/h3-5,9H,1-2,13H2/t9-/m0/s1. The Morgan fingerprint density at radius 3 is 2.23 bits per heavy atom. The third-order valence-electron chi connectivity index (χ3n) is 1.73. The molecule has 72 valence electrons. The first kappa shape index (κ1) is 11.1. The fraction of sp³-hybridized carbons (Fsp3) is 0.333. The minimum atomic E-state index is -0.384. The van der Waals surface area contributed by atoms with Gasteiger partial charge in [-0.25, -0.2) is 0 Å². The Hall–Kier alpha value is 0.0700. The molecule has 1 nitrogen and oxygen atoms in total. The highest BCUT2D eigenvalue weighted by Gasteiger charge is 2.06. The molecule has 1 atom stereocenters. The molecule has 0 spiro atoms. The SMILES string of the molecule is N[C@@H](CCF)c1cc(Br)cc(Br)c1. The predicted octanol–water partition coefficient (Wildman–Crippen LogP) is 3.57. The smallest absolute Gasteiger partial charge is 0.0912 e. The molecule has 4 heteroatoms. The Balaban J connectivity index is 2.87. The van der Waals surface area contributed by atoms with Gasteiger partial charge in [-0.05, 0) is 30.2 Å². The van der Waals surface area contributed by atoms with Crippen molar-refractivity contribution in [1.82, 2.24) is 0 Å². The van der Waals surface area contributed by atoms with Gasteiger partial charge in [-0.2, -0.15) is 0 Å². The molecular formula is C9H10Br2FN. The van der Waals surface area contributed by atoms with Crippen LogP contribution >= 0.6 is 31.9 Å². The first-order valence-electron chi connectivity index (χ1n) is 3.91. The van der Waals surface area contributed by atoms with Gasteiger partial charge < -0.3 is 5.73 Å². The summed E-state index contributed by atoms with van der Waals surface area (Å²) in [6.45, 7) is -0.384. The van der Waals surface area contributed by atoms with Crippen molar-refractivity contribution < 1.29 is 4.39 Å². The molecule has 1 aromatic carbocycles. The van der Waals surface area contributed by atoms with Gasteiger partial charge in [0.15, 0.2) is 0 Å². The molecule has 0 aromatic heterocycles. The van der Waals surface area contributed by atoms with E-state index in [1.54, 1.807) is 0 Å². The Kier molecular flexibility index (Phi) is 4.35. The Bertz CT molecular complexity index is 271. The van der Waals surface area contributed by atoms with Gasteiger partial charge in [0.1, 0.15) is 0 Å². The van der Waals surface area contributed by atoms with Crippen LogP contribution in [0.2, 0.25) is 0 Å². The summed E-state index contributed by atoms with van der Waals surface area (Å²) in [4.78, 5) is 0. The van der Waals surface area contributed by atoms with Gasteiger partial charge in [-0.3, -0.25) is 4.39 Å². The van der Waals surface area contributed by atoms with Crippen LogP contribution in [0.25, 0.3) is 0 Å². The van der Waals surface area contributed by atoms with Crippen molar-refractivity contribution in [2.24, 2.45) is 5.73 Å². The second kappa shape index (κ2) is 5.08. The summed E-state index contributed by atoms with van der Waals surface area (Å²) >= 11 is 6.71. The fourth-order valence-electron chi connectivity index (χ4n) is 1.07. The average Bonchev–Trinajstić information content (AvgIpc) is 2.03. The van der Waals surface area contributed by atoms with E-state index in [9.17, 15) is 4.39 Å². The van der Waals surface area contributed by atoms with E-state index in [1.807, 2.05) is 18.2 Å². The Labute approximate surface area is 93.8 Å². The lowest BCUT2D eigenvalue weighted by Crippen LogP contribution is -2.10.